The van der Waals surface area contributed by atoms with Crippen molar-refractivity contribution >= 4 is 45.5 Å². The zero-order valence-electron chi connectivity index (χ0n) is 15.2. The molecule has 29 heavy (non-hydrogen) atoms. The number of nitro benzene ring substituents is 1. The number of carbonyl (C=O) groups is 2. The fraction of sp³-hybridized carbons (Fsp3) is 0.100. The quantitative estimate of drug-likeness (QED) is 0.320. The van der Waals surface area contributed by atoms with Gasteiger partial charge in [0, 0.05) is 23.1 Å². The lowest BCUT2D eigenvalue weighted by molar-refractivity contribution is -0.384. The van der Waals surface area contributed by atoms with Crippen molar-refractivity contribution in [1.82, 2.24) is 0 Å². The number of anilines is 1. The highest BCUT2D eigenvalue weighted by atomic mass is 35.5. The molecule has 1 N–H and O–H groups in total. The SMILES string of the molecule is CCOC(=O)c1c(-c2cccc([N+](=O)[O-])c2)csc1NC(=O)c1ccccc1Cl. The van der Waals surface area contributed by atoms with Crippen molar-refractivity contribution in [2.45, 2.75) is 6.92 Å². The molecule has 9 heteroatoms. The van der Waals surface area contributed by atoms with Crippen molar-refractivity contribution in [3.05, 3.63) is 80.2 Å². The first-order valence-corrected chi connectivity index (χ1v) is 9.77. The molecule has 0 aliphatic rings. The molecule has 0 saturated heterocycles. The van der Waals surface area contributed by atoms with Gasteiger partial charge in [-0.1, -0.05) is 35.9 Å². The van der Waals surface area contributed by atoms with E-state index in [2.05, 4.69) is 5.32 Å². The summed E-state index contributed by atoms with van der Waals surface area (Å²) in [6.45, 7) is 1.81. The molecule has 0 aliphatic carbocycles. The van der Waals surface area contributed by atoms with Crippen LogP contribution in [0.1, 0.15) is 27.6 Å². The predicted octanol–water partition coefficient (Wildman–Crippen LogP) is 5.41. The second-order valence-corrected chi connectivity index (χ2v) is 7.10. The van der Waals surface area contributed by atoms with Crippen molar-refractivity contribution < 1.29 is 19.2 Å². The molecular formula is C20H15ClN2O5S. The number of nitrogens with one attached hydrogen (secondary N) is 1. The number of ether oxygens (including phenoxy) is 1. The summed E-state index contributed by atoms with van der Waals surface area (Å²) >= 11 is 7.20. The predicted molar refractivity (Wildman–Crippen MR) is 112 cm³/mol. The molecule has 0 radical (unpaired) electrons. The van der Waals surface area contributed by atoms with E-state index in [-0.39, 0.29) is 33.4 Å². The van der Waals surface area contributed by atoms with Crippen LogP contribution in [0, 0.1) is 10.1 Å². The Morgan fingerprint density at radius 3 is 2.66 bits per heavy atom. The van der Waals surface area contributed by atoms with Gasteiger partial charge in [0.15, 0.2) is 0 Å². The Labute approximate surface area is 175 Å². The molecule has 0 spiro atoms. The third-order valence-corrected chi connectivity index (χ3v) is 5.21. The Bertz CT molecular complexity index is 1100. The first kappa shape index (κ1) is 20.5. The van der Waals surface area contributed by atoms with E-state index in [9.17, 15) is 19.7 Å². The summed E-state index contributed by atoms with van der Waals surface area (Å²) < 4.78 is 5.13. The van der Waals surface area contributed by atoms with E-state index in [1.54, 1.807) is 42.6 Å². The van der Waals surface area contributed by atoms with Crippen molar-refractivity contribution in [3.63, 3.8) is 0 Å². The first-order chi connectivity index (χ1) is 13.9. The van der Waals surface area contributed by atoms with Crippen LogP contribution < -0.4 is 5.32 Å². The Morgan fingerprint density at radius 1 is 1.21 bits per heavy atom. The Kier molecular flexibility index (Phi) is 6.26. The number of thiophene rings is 1. The molecular weight excluding hydrogens is 416 g/mol. The number of halogens is 1. The van der Waals surface area contributed by atoms with Gasteiger partial charge in [-0.05, 0) is 24.6 Å². The van der Waals surface area contributed by atoms with E-state index in [1.807, 2.05) is 0 Å². The summed E-state index contributed by atoms with van der Waals surface area (Å²) in [6, 6.07) is 12.4. The minimum Gasteiger partial charge on any atom is -0.462 e. The maximum Gasteiger partial charge on any atom is 0.341 e. The molecule has 0 unspecified atom stereocenters. The Hall–Kier alpha value is -3.23. The minimum absolute atomic E-state index is 0.106. The van der Waals surface area contributed by atoms with E-state index in [0.29, 0.717) is 11.1 Å². The fourth-order valence-corrected chi connectivity index (χ4v) is 3.85. The molecule has 2 aromatic carbocycles. The average molecular weight is 431 g/mol. The van der Waals surface area contributed by atoms with Crippen LogP contribution in [-0.2, 0) is 4.74 Å². The number of hydrogen-bond donors (Lipinski definition) is 1. The van der Waals surface area contributed by atoms with Gasteiger partial charge < -0.3 is 10.1 Å². The van der Waals surface area contributed by atoms with Gasteiger partial charge >= 0.3 is 5.97 Å². The highest BCUT2D eigenvalue weighted by Gasteiger charge is 2.24. The summed E-state index contributed by atoms with van der Waals surface area (Å²) in [4.78, 5) is 35.8. The third kappa shape index (κ3) is 4.44. The Balaban J connectivity index is 2.04. The van der Waals surface area contributed by atoms with Crippen LogP contribution in [-0.4, -0.2) is 23.4 Å². The number of esters is 1. The normalized spacial score (nSPS) is 10.4. The van der Waals surface area contributed by atoms with E-state index in [1.165, 1.54) is 18.2 Å². The molecule has 0 bridgehead atoms. The largest absolute Gasteiger partial charge is 0.462 e. The number of nitrogens with zero attached hydrogens (tertiary/aromatic N) is 1. The van der Waals surface area contributed by atoms with Gasteiger partial charge in [0.2, 0.25) is 0 Å². The molecule has 0 saturated carbocycles. The molecule has 0 fully saturated rings. The topological polar surface area (TPSA) is 98.5 Å². The van der Waals surface area contributed by atoms with Crippen LogP contribution in [0.5, 0.6) is 0 Å². The van der Waals surface area contributed by atoms with Gasteiger partial charge in [0.1, 0.15) is 10.6 Å². The first-order valence-electron chi connectivity index (χ1n) is 8.51. The fourth-order valence-electron chi connectivity index (χ4n) is 2.67. The molecule has 3 aromatic rings. The number of carbonyl (C=O) groups excluding carboxylic acids is 2. The number of amides is 1. The minimum atomic E-state index is -0.635. The van der Waals surface area contributed by atoms with Crippen molar-refractivity contribution in [3.8, 4) is 11.1 Å². The second kappa shape index (κ2) is 8.85. The zero-order chi connectivity index (χ0) is 21.0. The number of nitro groups is 1. The van der Waals surface area contributed by atoms with Crippen LogP contribution in [0.25, 0.3) is 11.1 Å². The lowest BCUT2D eigenvalue weighted by atomic mass is 10.0. The molecule has 1 amide bonds. The van der Waals surface area contributed by atoms with E-state index >= 15 is 0 Å². The Morgan fingerprint density at radius 2 is 1.97 bits per heavy atom. The lowest BCUT2D eigenvalue weighted by Crippen LogP contribution is -2.15. The molecule has 148 valence electrons. The molecule has 7 nitrogen and oxygen atoms in total. The standard InChI is InChI=1S/C20H15ClN2O5S/c1-2-28-20(25)17-15(12-6-5-7-13(10-12)23(26)27)11-29-19(17)22-18(24)14-8-3-4-9-16(14)21/h3-11H,2H2,1H3,(H,22,24). The van der Waals surface area contributed by atoms with Gasteiger partial charge in [-0.25, -0.2) is 4.79 Å². The van der Waals surface area contributed by atoms with Gasteiger partial charge in [-0.15, -0.1) is 11.3 Å². The molecule has 0 aliphatic heterocycles. The summed E-state index contributed by atoms with van der Waals surface area (Å²) in [5.74, 6) is -1.11. The van der Waals surface area contributed by atoms with Crippen molar-refractivity contribution in [2.75, 3.05) is 11.9 Å². The molecule has 0 atom stereocenters. The van der Waals surface area contributed by atoms with Crippen LogP contribution in [0.15, 0.2) is 53.9 Å². The molecule has 3 rings (SSSR count). The number of hydrogen-bond acceptors (Lipinski definition) is 6. The van der Waals surface area contributed by atoms with Crippen LogP contribution in [0.4, 0.5) is 10.7 Å². The maximum atomic E-state index is 12.6. The third-order valence-electron chi connectivity index (χ3n) is 3.98. The molecule has 1 aromatic heterocycles. The summed E-state index contributed by atoms with van der Waals surface area (Å²) in [6.07, 6.45) is 0. The highest BCUT2D eigenvalue weighted by Crippen LogP contribution is 2.37. The second-order valence-electron chi connectivity index (χ2n) is 5.82. The number of non-ortho nitro benzene ring substituents is 1. The lowest BCUT2D eigenvalue weighted by Gasteiger charge is -2.09. The number of benzene rings is 2. The van der Waals surface area contributed by atoms with Crippen molar-refractivity contribution in [1.29, 1.82) is 0 Å². The highest BCUT2D eigenvalue weighted by molar-refractivity contribution is 7.15. The zero-order valence-corrected chi connectivity index (χ0v) is 16.8. The smallest absolute Gasteiger partial charge is 0.341 e. The van der Waals surface area contributed by atoms with E-state index in [4.69, 9.17) is 16.3 Å². The van der Waals surface area contributed by atoms with Crippen LogP contribution in [0.3, 0.4) is 0 Å². The van der Waals surface area contributed by atoms with Crippen molar-refractivity contribution in [2.24, 2.45) is 0 Å². The maximum absolute atomic E-state index is 12.6. The van der Waals surface area contributed by atoms with Gasteiger partial charge in [0.05, 0.1) is 22.1 Å². The van der Waals surface area contributed by atoms with Gasteiger partial charge in [-0.2, -0.15) is 0 Å². The van der Waals surface area contributed by atoms with E-state index < -0.39 is 16.8 Å². The van der Waals surface area contributed by atoms with Gasteiger partial charge in [0.25, 0.3) is 11.6 Å². The van der Waals surface area contributed by atoms with Gasteiger partial charge in [-0.3, -0.25) is 14.9 Å². The van der Waals surface area contributed by atoms with Crippen LogP contribution in [0.2, 0.25) is 5.02 Å². The number of rotatable bonds is 6. The summed E-state index contributed by atoms with van der Waals surface area (Å²) in [7, 11) is 0. The average Bonchev–Trinajstić information content (AvgIpc) is 3.12. The summed E-state index contributed by atoms with van der Waals surface area (Å²) in [5, 5.41) is 16.0. The monoisotopic (exact) mass is 430 g/mol. The molecule has 1 heterocycles. The van der Waals surface area contributed by atoms with Crippen LogP contribution >= 0.6 is 22.9 Å². The summed E-state index contributed by atoms with van der Waals surface area (Å²) in [5.41, 5.74) is 1.19. The van der Waals surface area contributed by atoms with E-state index in [0.717, 1.165) is 11.3 Å².